The van der Waals surface area contributed by atoms with Gasteiger partial charge in [0.2, 0.25) is 0 Å². The third-order valence-corrected chi connectivity index (χ3v) is 12.0. The van der Waals surface area contributed by atoms with E-state index < -0.39 is 5.41 Å². The molecular formula is C59H41N. The largest absolute Gasteiger partial charge is 0.310 e. The molecule has 0 heterocycles. The molecule has 0 atom stereocenters. The van der Waals surface area contributed by atoms with Gasteiger partial charge in [-0.05, 0) is 108 Å². The van der Waals surface area contributed by atoms with Crippen LogP contribution in [-0.2, 0) is 5.41 Å². The predicted molar refractivity (Wildman–Crippen MR) is 252 cm³/mol. The molecule has 0 aromatic heterocycles. The average Bonchev–Trinajstić information content (AvgIpc) is 3.66. The molecular weight excluding hydrogens is 723 g/mol. The second-order valence-corrected chi connectivity index (χ2v) is 15.3. The van der Waals surface area contributed by atoms with Gasteiger partial charge in [0.05, 0.1) is 16.6 Å². The number of benzene rings is 10. The zero-order chi connectivity index (χ0) is 43.4. The molecule has 1 heteroatoms. The number of fused-ring (bicyclic) bond motifs is 4. The summed E-state index contributed by atoms with van der Waals surface area (Å²) in [4.78, 5) is 2.00. The fourth-order valence-corrected chi connectivity index (χ4v) is 9.28. The van der Waals surface area contributed by atoms with Crippen molar-refractivity contribution in [2.24, 2.45) is 0 Å². The van der Waals surface area contributed by atoms with Crippen LogP contribution in [0, 0.1) is 0 Å². The minimum Gasteiger partial charge on any atom is -0.310 e. The quantitative estimate of drug-likeness (QED) is 0.149. The molecule has 282 valence electrons. The first-order valence-electron chi connectivity index (χ1n) is 22.4. The van der Waals surface area contributed by atoms with E-state index in [1.807, 2.05) is 83.8 Å². The molecule has 10 aromatic carbocycles. The fraction of sp³-hybridized carbons (Fsp3) is 0.0169. The summed E-state index contributed by atoms with van der Waals surface area (Å²) >= 11 is 0. The van der Waals surface area contributed by atoms with Crippen LogP contribution in [0.3, 0.4) is 0 Å². The molecule has 60 heavy (non-hydrogen) atoms. The van der Waals surface area contributed by atoms with Crippen molar-refractivity contribution >= 4 is 27.8 Å². The Labute approximate surface area is 357 Å². The molecule has 1 nitrogen and oxygen atoms in total. The highest BCUT2D eigenvalue weighted by Gasteiger charge is 2.46. The van der Waals surface area contributed by atoms with Gasteiger partial charge in [-0.2, -0.15) is 0 Å². The van der Waals surface area contributed by atoms with Crippen LogP contribution in [0.15, 0.2) is 249 Å². The maximum Gasteiger partial charge on any atom is 0.0714 e. The van der Waals surface area contributed by atoms with Gasteiger partial charge in [-0.15, -0.1) is 0 Å². The van der Waals surface area contributed by atoms with Gasteiger partial charge >= 0.3 is 0 Å². The Morgan fingerprint density at radius 3 is 1.67 bits per heavy atom. The predicted octanol–water partition coefficient (Wildman–Crippen LogP) is 15.7. The SMILES string of the molecule is [2H]c1c([2H])c(-c2ccc3ccccc3c2)c([2H])c(N(c2ccc3c(c2)C(c2ccccc2)(c2ccccc2)c2ccccc2-3)c2ccccc2-c2ccc(-c3ccccc3)cc2)c1[2H]. The Bertz CT molecular complexity index is 3330. The van der Waals surface area contributed by atoms with Crippen molar-refractivity contribution in [1.29, 1.82) is 0 Å². The van der Waals surface area contributed by atoms with Gasteiger partial charge in [0.15, 0.2) is 0 Å². The summed E-state index contributed by atoms with van der Waals surface area (Å²) in [6.45, 7) is 0. The maximum absolute atomic E-state index is 10.1. The van der Waals surface area contributed by atoms with E-state index in [0.29, 0.717) is 11.1 Å². The number of hydrogen-bond donors (Lipinski definition) is 0. The molecule has 0 bridgehead atoms. The fourth-order valence-electron chi connectivity index (χ4n) is 9.28. The molecule has 0 saturated carbocycles. The minimum absolute atomic E-state index is 0.0108. The Kier molecular flexibility index (Phi) is 7.76. The van der Waals surface area contributed by atoms with E-state index in [2.05, 4.69) is 146 Å². The summed E-state index contributed by atoms with van der Waals surface area (Å²) in [6.07, 6.45) is 0. The van der Waals surface area contributed by atoms with Crippen LogP contribution < -0.4 is 4.90 Å². The van der Waals surface area contributed by atoms with E-state index in [4.69, 9.17) is 0 Å². The molecule has 0 saturated heterocycles. The van der Waals surface area contributed by atoms with Crippen LogP contribution in [0.4, 0.5) is 17.1 Å². The third-order valence-electron chi connectivity index (χ3n) is 12.0. The molecule has 0 radical (unpaired) electrons. The molecule has 0 amide bonds. The molecule has 0 fully saturated rings. The Morgan fingerprint density at radius 1 is 0.350 bits per heavy atom. The number of para-hydroxylation sites is 1. The van der Waals surface area contributed by atoms with E-state index in [1.165, 1.54) is 5.56 Å². The maximum atomic E-state index is 10.1. The first-order valence-corrected chi connectivity index (χ1v) is 20.4. The van der Waals surface area contributed by atoms with Gasteiger partial charge in [-0.3, -0.25) is 0 Å². The lowest BCUT2D eigenvalue weighted by Gasteiger charge is -2.35. The molecule has 1 aliphatic carbocycles. The summed E-state index contributed by atoms with van der Waals surface area (Å²) in [5, 5.41) is 2.01. The summed E-state index contributed by atoms with van der Waals surface area (Å²) in [7, 11) is 0. The third kappa shape index (κ3) is 5.94. The lowest BCUT2D eigenvalue weighted by molar-refractivity contribution is 0.768. The van der Waals surface area contributed by atoms with Crippen LogP contribution in [-0.4, -0.2) is 0 Å². The minimum atomic E-state index is -0.696. The number of nitrogens with zero attached hydrogens (tertiary/aromatic N) is 1. The van der Waals surface area contributed by atoms with E-state index >= 15 is 0 Å². The van der Waals surface area contributed by atoms with Crippen molar-refractivity contribution in [3.05, 3.63) is 271 Å². The zero-order valence-electron chi connectivity index (χ0n) is 36.8. The lowest BCUT2D eigenvalue weighted by Crippen LogP contribution is -2.28. The topological polar surface area (TPSA) is 3.24 Å². The van der Waals surface area contributed by atoms with E-state index in [1.54, 1.807) is 0 Å². The van der Waals surface area contributed by atoms with Crippen LogP contribution in [0.5, 0.6) is 0 Å². The Morgan fingerprint density at radius 2 is 0.917 bits per heavy atom. The van der Waals surface area contributed by atoms with Crippen molar-refractivity contribution in [1.82, 2.24) is 0 Å². The lowest BCUT2D eigenvalue weighted by atomic mass is 9.67. The smallest absolute Gasteiger partial charge is 0.0714 e. The molecule has 0 aliphatic heterocycles. The van der Waals surface area contributed by atoms with Crippen molar-refractivity contribution in [3.8, 4) is 44.5 Å². The molecule has 11 rings (SSSR count). The van der Waals surface area contributed by atoms with Crippen molar-refractivity contribution in [3.63, 3.8) is 0 Å². The summed E-state index contributed by atoms with van der Waals surface area (Å²) in [5.41, 5.74) is 12.8. The molecule has 0 N–H and O–H groups in total. The highest BCUT2D eigenvalue weighted by molar-refractivity contribution is 5.94. The van der Waals surface area contributed by atoms with Crippen molar-refractivity contribution < 1.29 is 5.48 Å². The number of hydrogen-bond acceptors (Lipinski definition) is 1. The number of anilines is 3. The highest BCUT2D eigenvalue weighted by atomic mass is 15.1. The van der Waals surface area contributed by atoms with Gasteiger partial charge in [0.25, 0.3) is 0 Å². The Hall–Kier alpha value is -7.74. The van der Waals surface area contributed by atoms with Gasteiger partial charge in [-0.1, -0.05) is 212 Å². The normalized spacial score (nSPS) is 13.4. The molecule has 1 aliphatic rings. The van der Waals surface area contributed by atoms with Crippen molar-refractivity contribution in [2.75, 3.05) is 4.90 Å². The second-order valence-electron chi connectivity index (χ2n) is 15.3. The first kappa shape index (κ1) is 31.3. The van der Waals surface area contributed by atoms with E-state index in [-0.39, 0.29) is 29.9 Å². The van der Waals surface area contributed by atoms with Crippen LogP contribution >= 0.6 is 0 Å². The van der Waals surface area contributed by atoms with Gasteiger partial charge in [0, 0.05) is 16.9 Å². The molecule has 0 spiro atoms. The van der Waals surface area contributed by atoms with Crippen LogP contribution in [0.1, 0.15) is 27.7 Å². The van der Waals surface area contributed by atoms with Crippen molar-refractivity contribution in [2.45, 2.75) is 5.41 Å². The van der Waals surface area contributed by atoms with E-state index in [9.17, 15) is 5.48 Å². The molecule has 0 unspecified atom stereocenters. The van der Waals surface area contributed by atoms with E-state index in [0.717, 1.165) is 72.2 Å². The summed E-state index contributed by atoms with van der Waals surface area (Å²) < 4.78 is 38.6. The summed E-state index contributed by atoms with van der Waals surface area (Å²) in [5.74, 6) is 0. The first-order chi connectivity index (χ1) is 31.4. The van der Waals surface area contributed by atoms with Crippen LogP contribution in [0.25, 0.3) is 55.3 Å². The monoisotopic (exact) mass is 767 g/mol. The zero-order valence-corrected chi connectivity index (χ0v) is 32.8. The standard InChI is InChI=1S/C59H41N/c1-4-17-42(18-5-1)44-31-34-45(35-32-44)53-27-13-15-30-58(53)60(51-26-16-21-47(40-51)48-36-33-43-19-10-11-20-46(43)39-48)52-37-38-55-54-28-12-14-29-56(54)59(57(55)41-52,49-22-6-2-7-23-49)50-24-8-3-9-25-50/h1-41H/i16D,21D,26D,40D. The molecule has 10 aromatic rings. The Balaban J connectivity index is 1.20. The van der Waals surface area contributed by atoms with Crippen LogP contribution in [0.2, 0.25) is 0 Å². The number of rotatable bonds is 8. The van der Waals surface area contributed by atoms with Gasteiger partial charge < -0.3 is 4.90 Å². The van der Waals surface area contributed by atoms with Gasteiger partial charge in [-0.25, -0.2) is 0 Å². The second kappa shape index (κ2) is 14.9. The summed E-state index contributed by atoms with van der Waals surface area (Å²) in [6, 6.07) is 76.8. The average molecular weight is 768 g/mol. The van der Waals surface area contributed by atoms with Gasteiger partial charge in [0.1, 0.15) is 0 Å². The highest BCUT2D eigenvalue weighted by Crippen LogP contribution is 2.57.